The van der Waals surface area contributed by atoms with E-state index in [1.807, 2.05) is 43.3 Å². The van der Waals surface area contributed by atoms with Gasteiger partial charge in [0.05, 0.1) is 23.3 Å². The molecule has 1 saturated heterocycles. The minimum absolute atomic E-state index is 0.0285. The number of likely N-dealkylation sites (N-methyl/N-ethyl adjacent to an activating group) is 1. The van der Waals surface area contributed by atoms with Crippen molar-refractivity contribution < 1.29 is 14.8 Å². The first-order chi connectivity index (χ1) is 18.1. The van der Waals surface area contributed by atoms with Crippen molar-refractivity contribution in [3.05, 3.63) is 58.4 Å². The van der Waals surface area contributed by atoms with Crippen molar-refractivity contribution >= 4 is 34.6 Å². The molecule has 1 aromatic heterocycles. The van der Waals surface area contributed by atoms with Gasteiger partial charge < -0.3 is 30.3 Å². The Morgan fingerprint density at radius 2 is 1.84 bits per heavy atom. The summed E-state index contributed by atoms with van der Waals surface area (Å²) in [5, 5.41) is 28.7. The van der Waals surface area contributed by atoms with Gasteiger partial charge in [-0.05, 0) is 46.9 Å². The van der Waals surface area contributed by atoms with Crippen molar-refractivity contribution in [1.29, 1.82) is 0 Å². The number of aromatic nitrogens is 3. The number of nitro benzene ring substituents is 1. The summed E-state index contributed by atoms with van der Waals surface area (Å²) >= 11 is 0. The predicted molar refractivity (Wildman–Crippen MR) is 147 cm³/mol. The van der Waals surface area contributed by atoms with Gasteiger partial charge in [-0.2, -0.15) is 4.98 Å². The van der Waals surface area contributed by atoms with Crippen LogP contribution in [0.4, 0.5) is 34.6 Å². The van der Waals surface area contributed by atoms with Crippen LogP contribution in [0, 0.1) is 10.1 Å². The molecule has 38 heavy (non-hydrogen) atoms. The highest BCUT2D eigenvalue weighted by Crippen LogP contribution is 2.40. The highest BCUT2D eigenvalue weighted by Gasteiger charge is 2.29. The van der Waals surface area contributed by atoms with Crippen LogP contribution in [-0.2, 0) is 5.60 Å². The van der Waals surface area contributed by atoms with E-state index in [4.69, 9.17) is 4.74 Å². The molecule has 1 aliphatic heterocycles. The number of anilines is 5. The Balaban J connectivity index is 1.63. The molecule has 2 aromatic carbocycles. The van der Waals surface area contributed by atoms with Crippen molar-refractivity contribution in [3.63, 3.8) is 0 Å². The smallest absolute Gasteiger partial charge is 0.294 e. The number of hydrogen-bond donors (Lipinski definition) is 3. The number of hydrogen-bond acceptors (Lipinski definition) is 11. The Bertz CT molecular complexity index is 1290. The quantitative estimate of drug-likeness (QED) is 0.277. The van der Waals surface area contributed by atoms with E-state index in [1.165, 1.54) is 19.5 Å². The standard InChI is InChI=1S/C26H34N8O4/c1-26(2,35)18-10-6-7-11-19(18)29-24-27-16-28-25(31-24)30-20-13-22(34(36)37)21(14-23(20)38-5)33-12-8-9-17(15-33)32(3)4/h6-7,10-11,13-14,16-17,35H,8-9,12,15H2,1-5H3,(H2,27,28,29,30,31)/t17-/m1/s1. The topological polar surface area (TPSA) is 142 Å². The second kappa shape index (κ2) is 11.2. The van der Waals surface area contributed by atoms with Crippen LogP contribution in [0.15, 0.2) is 42.7 Å². The zero-order valence-electron chi connectivity index (χ0n) is 22.3. The van der Waals surface area contributed by atoms with E-state index in [0.29, 0.717) is 41.0 Å². The van der Waals surface area contributed by atoms with Gasteiger partial charge >= 0.3 is 0 Å². The van der Waals surface area contributed by atoms with E-state index < -0.39 is 5.60 Å². The molecule has 4 rings (SSSR count). The van der Waals surface area contributed by atoms with Crippen LogP contribution in [0.25, 0.3) is 0 Å². The number of ether oxygens (including phenoxy) is 1. The normalized spacial score (nSPS) is 15.9. The fourth-order valence-electron chi connectivity index (χ4n) is 4.60. The minimum atomic E-state index is -1.08. The summed E-state index contributed by atoms with van der Waals surface area (Å²) in [5.74, 6) is 0.849. The second-order valence-corrected chi connectivity index (χ2v) is 9.99. The molecule has 1 aliphatic rings. The lowest BCUT2D eigenvalue weighted by atomic mass is 9.96. The van der Waals surface area contributed by atoms with E-state index in [1.54, 1.807) is 19.9 Å². The maximum Gasteiger partial charge on any atom is 0.294 e. The van der Waals surface area contributed by atoms with Gasteiger partial charge in [0.2, 0.25) is 11.9 Å². The fraction of sp³-hybridized carbons (Fsp3) is 0.423. The molecule has 2 heterocycles. The molecule has 1 atom stereocenters. The lowest BCUT2D eigenvalue weighted by Crippen LogP contribution is -2.45. The number of nitrogens with one attached hydrogen (secondary N) is 2. The van der Waals surface area contributed by atoms with Crippen molar-refractivity contribution in [3.8, 4) is 5.75 Å². The Morgan fingerprint density at radius 3 is 2.47 bits per heavy atom. The van der Waals surface area contributed by atoms with Crippen LogP contribution in [0.3, 0.4) is 0 Å². The first-order valence-corrected chi connectivity index (χ1v) is 12.4. The van der Waals surface area contributed by atoms with E-state index in [9.17, 15) is 15.2 Å². The molecule has 12 nitrogen and oxygen atoms in total. The summed E-state index contributed by atoms with van der Waals surface area (Å²) in [5.41, 5.74) is 1.10. The second-order valence-electron chi connectivity index (χ2n) is 9.99. The van der Waals surface area contributed by atoms with Crippen molar-refractivity contribution in [2.75, 3.05) is 49.8 Å². The maximum atomic E-state index is 12.1. The summed E-state index contributed by atoms with van der Waals surface area (Å²) in [6, 6.07) is 10.8. The number of nitro groups is 1. The molecule has 1 fully saturated rings. The Morgan fingerprint density at radius 1 is 1.16 bits per heavy atom. The molecule has 0 saturated carbocycles. The van der Waals surface area contributed by atoms with E-state index in [2.05, 4.69) is 30.5 Å². The van der Waals surface area contributed by atoms with Crippen molar-refractivity contribution in [2.24, 2.45) is 0 Å². The van der Waals surface area contributed by atoms with Gasteiger partial charge in [0.25, 0.3) is 5.69 Å². The molecule has 0 unspecified atom stereocenters. The monoisotopic (exact) mass is 522 g/mol. The summed E-state index contributed by atoms with van der Waals surface area (Å²) in [6.45, 7) is 4.82. The van der Waals surface area contributed by atoms with Crippen LogP contribution in [-0.4, -0.2) is 70.2 Å². The Kier molecular flexibility index (Phi) is 7.93. The molecule has 3 aromatic rings. The zero-order chi connectivity index (χ0) is 27.4. The summed E-state index contributed by atoms with van der Waals surface area (Å²) < 4.78 is 5.60. The van der Waals surface area contributed by atoms with Crippen LogP contribution < -0.4 is 20.3 Å². The minimum Gasteiger partial charge on any atom is -0.494 e. The van der Waals surface area contributed by atoms with Crippen molar-refractivity contribution in [1.82, 2.24) is 19.9 Å². The first kappa shape index (κ1) is 27.0. The van der Waals surface area contributed by atoms with E-state index >= 15 is 0 Å². The number of benzene rings is 2. The summed E-state index contributed by atoms with van der Waals surface area (Å²) in [6.07, 6.45) is 3.32. The molecule has 12 heteroatoms. The lowest BCUT2D eigenvalue weighted by Gasteiger charge is -2.37. The molecular formula is C26H34N8O4. The summed E-state index contributed by atoms with van der Waals surface area (Å²) in [4.78, 5) is 28.7. The van der Waals surface area contributed by atoms with Crippen LogP contribution in [0.2, 0.25) is 0 Å². The molecular weight excluding hydrogens is 488 g/mol. The molecule has 0 radical (unpaired) electrons. The van der Waals surface area contributed by atoms with Gasteiger partial charge in [0.15, 0.2) is 0 Å². The largest absolute Gasteiger partial charge is 0.494 e. The lowest BCUT2D eigenvalue weighted by molar-refractivity contribution is -0.384. The van der Waals surface area contributed by atoms with E-state index in [-0.39, 0.29) is 22.5 Å². The number of methoxy groups -OCH3 is 1. The Hall–Kier alpha value is -4.03. The SMILES string of the molecule is COc1cc(N2CCC[C@@H](N(C)C)C2)c([N+](=O)[O-])cc1Nc1ncnc(Nc2ccccc2C(C)(C)O)n1. The van der Waals surface area contributed by atoms with Crippen LogP contribution in [0.5, 0.6) is 5.75 Å². The molecule has 0 bridgehead atoms. The van der Waals surface area contributed by atoms with Crippen LogP contribution >= 0.6 is 0 Å². The van der Waals surface area contributed by atoms with E-state index in [0.717, 1.165) is 19.4 Å². The molecule has 0 aliphatic carbocycles. The zero-order valence-corrected chi connectivity index (χ0v) is 22.3. The van der Waals surface area contributed by atoms with Gasteiger partial charge in [-0.3, -0.25) is 10.1 Å². The van der Waals surface area contributed by atoms with Gasteiger partial charge in [0.1, 0.15) is 17.8 Å². The maximum absolute atomic E-state index is 12.1. The highest BCUT2D eigenvalue weighted by atomic mass is 16.6. The number of piperidine rings is 1. The van der Waals surface area contributed by atoms with Gasteiger partial charge in [0, 0.05) is 42.5 Å². The highest BCUT2D eigenvalue weighted by molar-refractivity contribution is 5.77. The third-order valence-corrected chi connectivity index (χ3v) is 6.61. The van der Waals surface area contributed by atoms with Gasteiger partial charge in [-0.1, -0.05) is 18.2 Å². The van der Waals surface area contributed by atoms with Crippen LogP contribution in [0.1, 0.15) is 32.3 Å². The molecule has 0 spiro atoms. The fourth-order valence-corrected chi connectivity index (χ4v) is 4.60. The third-order valence-electron chi connectivity index (χ3n) is 6.61. The average molecular weight is 523 g/mol. The third kappa shape index (κ3) is 6.09. The number of nitrogens with zero attached hydrogens (tertiary/aromatic N) is 6. The number of aliphatic hydroxyl groups is 1. The molecule has 3 N–H and O–H groups in total. The number of rotatable bonds is 9. The van der Waals surface area contributed by atoms with Gasteiger partial charge in [-0.15, -0.1) is 0 Å². The Labute approximate surface area is 221 Å². The first-order valence-electron chi connectivity index (χ1n) is 12.4. The molecule has 0 amide bonds. The average Bonchev–Trinajstić information content (AvgIpc) is 2.88. The predicted octanol–water partition coefficient (Wildman–Crippen LogP) is 4.03. The summed E-state index contributed by atoms with van der Waals surface area (Å²) in [7, 11) is 5.57. The van der Waals surface area contributed by atoms with Crippen molar-refractivity contribution in [2.45, 2.75) is 38.3 Å². The number of para-hydroxylation sites is 1. The molecule has 202 valence electrons. The van der Waals surface area contributed by atoms with Gasteiger partial charge in [-0.25, -0.2) is 9.97 Å².